The molecule has 0 amide bonds. The number of rotatable bonds is 11. The molecule has 0 radical (unpaired) electrons. The molecular formula is C100H76N4O3. The maximum absolute atomic E-state index is 6.86. The minimum absolute atomic E-state index is 0.164. The summed E-state index contributed by atoms with van der Waals surface area (Å²) in [6, 6.07) is 103. The molecule has 0 N–H and O–H groups in total. The Balaban J connectivity index is 0.690. The number of aryl methyl sites for hydroxylation is 1. The van der Waals surface area contributed by atoms with E-state index in [-0.39, 0.29) is 5.41 Å². The highest BCUT2D eigenvalue weighted by atomic mass is 16.3. The van der Waals surface area contributed by atoms with Crippen LogP contribution in [0.1, 0.15) is 83.7 Å². The van der Waals surface area contributed by atoms with Crippen LogP contribution in [0.5, 0.6) is 0 Å². The lowest BCUT2D eigenvalue weighted by Crippen LogP contribution is -2.15. The maximum atomic E-state index is 6.86. The molecule has 7 heteroatoms. The van der Waals surface area contributed by atoms with Crippen LogP contribution in [-0.4, -0.2) is 18.3 Å². The fraction of sp³-hybridized carbons (Fsp3) is 0.120. The summed E-state index contributed by atoms with van der Waals surface area (Å²) in [5.74, 6) is 0.888. The van der Waals surface area contributed by atoms with E-state index in [1.165, 1.54) is 71.2 Å². The van der Waals surface area contributed by atoms with Gasteiger partial charge in [0.2, 0.25) is 0 Å². The zero-order valence-electron chi connectivity index (χ0n) is 61.1. The number of nitrogens with zero attached hydrogens (tertiary/aromatic N) is 4. The van der Waals surface area contributed by atoms with Crippen LogP contribution in [0.4, 0.5) is 0 Å². The first kappa shape index (κ1) is 62.7. The maximum Gasteiger partial charge on any atom is 0.159 e. The molecule has 0 fully saturated rings. The van der Waals surface area contributed by atoms with E-state index in [1.54, 1.807) is 0 Å². The number of hydrogen-bond donors (Lipinski definition) is 0. The average Bonchev–Trinajstić information content (AvgIpc) is 1.57. The van der Waals surface area contributed by atoms with Crippen molar-refractivity contribution in [3.8, 4) is 56.1 Å². The topological polar surface area (TPSA) is 59.1 Å². The van der Waals surface area contributed by atoms with Crippen LogP contribution in [0.3, 0.4) is 0 Å². The van der Waals surface area contributed by atoms with Gasteiger partial charge >= 0.3 is 0 Å². The molecule has 0 aliphatic carbocycles. The second-order valence-electron chi connectivity index (χ2n) is 30.8. The van der Waals surface area contributed by atoms with E-state index in [0.717, 1.165) is 156 Å². The van der Waals surface area contributed by atoms with E-state index >= 15 is 0 Å². The molecule has 1 atom stereocenters. The van der Waals surface area contributed by atoms with Crippen LogP contribution >= 0.6 is 0 Å². The Morgan fingerprint density at radius 1 is 0.346 bits per heavy atom. The van der Waals surface area contributed by atoms with E-state index in [0.29, 0.717) is 11.8 Å². The van der Waals surface area contributed by atoms with Crippen molar-refractivity contribution >= 4 is 148 Å². The van der Waals surface area contributed by atoms with Crippen LogP contribution in [-0.2, 0) is 11.8 Å². The van der Waals surface area contributed by atoms with Crippen molar-refractivity contribution in [3.05, 3.63) is 308 Å². The summed E-state index contributed by atoms with van der Waals surface area (Å²) < 4.78 is 30.0. The summed E-state index contributed by atoms with van der Waals surface area (Å²) in [5, 5.41) is 15.0. The Bertz CT molecular complexity index is 7360. The molecule has 0 saturated carbocycles. The number of fused-ring (bicyclic) bond motifs is 19. The van der Waals surface area contributed by atoms with Crippen LogP contribution in [0.15, 0.2) is 298 Å². The van der Waals surface area contributed by atoms with Crippen molar-refractivity contribution in [1.82, 2.24) is 18.3 Å². The van der Waals surface area contributed by atoms with Gasteiger partial charge in [-0.25, -0.2) is 0 Å². The van der Waals surface area contributed by atoms with E-state index in [1.807, 2.05) is 0 Å². The number of benzene rings is 14. The summed E-state index contributed by atoms with van der Waals surface area (Å²) in [6.45, 7) is 18.2. The number of hydrogen-bond acceptors (Lipinski definition) is 3. The van der Waals surface area contributed by atoms with Gasteiger partial charge in [0.05, 0.1) is 44.3 Å². The first-order chi connectivity index (χ1) is 52.3. The van der Waals surface area contributed by atoms with Crippen LogP contribution in [0, 0.1) is 5.92 Å². The molecule has 0 aliphatic rings. The van der Waals surface area contributed by atoms with E-state index in [9.17, 15) is 0 Å². The third-order valence-corrected chi connectivity index (χ3v) is 23.4. The summed E-state index contributed by atoms with van der Waals surface area (Å²) in [6.07, 6.45) is 5.34. The summed E-state index contributed by atoms with van der Waals surface area (Å²) in [7, 11) is 0. The summed E-state index contributed by atoms with van der Waals surface area (Å²) in [4.78, 5) is 0. The van der Waals surface area contributed by atoms with Crippen molar-refractivity contribution in [2.45, 2.75) is 73.1 Å². The molecule has 14 aromatic carbocycles. The predicted octanol–water partition coefficient (Wildman–Crippen LogP) is 28.3. The van der Waals surface area contributed by atoms with Gasteiger partial charge in [-0.15, -0.1) is 0 Å². The van der Waals surface area contributed by atoms with Crippen molar-refractivity contribution < 1.29 is 13.3 Å². The lowest BCUT2D eigenvalue weighted by Gasteiger charge is -2.24. The van der Waals surface area contributed by atoms with Crippen molar-refractivity contribution in [3.63, 3.8) is 0 Å². The second kappa shape index (κ2) is 23.6. The Labute approximate surface area is 618 Å². The highest BCUT2D eigenvalue weighted by Crippen LogP contribution is 2.48. The van der Waals surface area contributed by atoms with Crippen molar-refractivity contribution in [2.24, 2.45) is 5.92 Å². The number of para-hydroxylation sites is 4. The standard InChI is InChI=1S/C100H76N4O3/c1-9-21-84-69(10-2)71-24-11-15-29-85(71)102(84)67-39-48-95-81(56-67)79-54-64(38-47-93(79)105-95)62-34-43-88-77(52-62)78-55-65(36-45-89(78)101(88)66-23-19-22-60(50-66)59(5)58(3)4)70-28-20-32-91-97(70)75-27-13-17-31-87(75)103(91)68-40-49-96-82(57-68)80-53-63(37-46-94(80)106-96)61-35-44-90-76(51-61)72-25-12-16-30-86(72)104(90)98-83(100(6,7)8)42-41-74-73-26-14-18-33-92(73)107-99(74)98/h9,11-59H,10H2,1-8H3/b21-9-. The Morgan fingerprint density at radius 3 is 1.43 bits per heavy atom. The number of allylic oxidation sites excluding steroid dienone is 1. The number of aromatic nitrogens is 4. The van der Waals surface area contributed by atoms with E-state index in [2.05, 4.69) is 365 Å². The van der Waals surface area contributed by atoms with Crippen molar-refractivity contribution in [1.29, 1.82) is 0 Å². The van der Waals surface area contributed by atoms with Crippen LogP contribution in [0.2, 0.25) is 0 Å². The molecule has 1 unspecified atom stereocenters. The molecule has 7 heterocycles. The highest BCUT2D eigenvalue weighted by Gasteiger charge is 2.29. The molecule has 0 saturated heterocycles. The van der Waals surface area contributed by atoms with Gasteiger partial charge in [-0.2, -0.15) is 0 Å². The van der Waals surface area contributed by atoms with E-state index < -0.39 is 0 Å². The molecular weight excluding hydrogens is 1310 g/mol. The highest BCUT2D eigenvalue weighted by molar-refractivity contribution is 6.20. The lowest BCUT2D eigenvalue weighted by atomic mass is 9.85. The number of furan rings is 3. The summed E-state index contributed by atoms with van der Waals surface area (Å²) >= 11 is 0. The molecule has 514 valence electrons. The third kappa shape index (κ3) is 9.45. The Kier molecular flexibility index (Phi) is 13.8. The Hall–Kier alpha value is -12.8. The monoisotopic (exact) mass is 1380 g/mol. The molecule has 7 aromatic heterocycles. The van der Waals surface area contributed by atoms with E-state index in [4.69, 9.17) is 13.3 Å². The predicted molar refractivity (Wildman–Crippen MR) is 450 cm³/mol. The molecule has 0 bridgehead atoms. The fourth-order valence-electron chi connectivity index (χ4n) is 18.0. The summed E-state index contributed by atoms with van der Waals surface area (Å²) in [5.41, 5.74) is 29.6. The smallest absolute Gasteiger partial charge is 0.159 e. The van der Waals surface area contributed by atoms with Gasteiger partial charge in [0.25, 0.3) is 0 Å². The lowest BCUT2D eigenvalue weighted by molar-refractivity contribution is 0.535. The molecule has 21 aromatic rings. The third-order valence-electron chi connectivity index (χ3n) is 23.4. The molecule has 21 rings (SSSR count). The molecule has 0 aliphatic heterocycles. The second-order valence-corrected chi connectivity index (χ2v) is 30.8. The van der Waals surface area contributed by atoms with Crippen LogP contribution < -0.4 is 0 Å². The minimum Gasteiger partial charge on any atom is -0.456 e. The molecule has 107 heavy (non-hydrogen) atoms. The van der Waals surface area contributed by atoms with Gasteiger partial charge < -0.3 is 31.5 Å². The fourth-order valence-corrected chi connectivity index (χ4v) is 18.0. The molecule has 0 spiro atoms. The van der Waals surface area contributed by atoms with Gasteiger partial charge in [0, 0.05) is 92.8 Å². The van der Waals surface area contributed by atoms with Gasteiger partial charge in [0.1, 0.15) is 27.9 Å². The zero-order chi connectivity index (χ0) is 71.8. The van der Waals surface area contributed by atoms with Crippen LogP contribution in [0.25, 0.3) is 204 Å². The Morgan fingerprint density at radius 2 is 0.804 bits per heavy atom. The quantitative estimate of drug-likeness (QED) is 0.130. The first-order valence-corrected chi connectivity index (χ1v) is 37.7. The van der Waals surface area contributed by atoms with Gasteiger partial charge in [-0.3, -0.25) is 0 Å². The normalized spacial score (nSPS) is 12.9. The largest absolute Gasteiger partial charge is 0.456 e. The molecule has 7 nitrogen and oxygen atoms in total. The van der Waals surface area contributed by atoms with Gasteiger partial charge in [-0.05, 0) is 226 Å². The van der Waals surface area contributed by atoms with Crippen molar-refractivity contribution in [2.75, 3.05) is 0 Å². The average molecular weight is 1380 g/mol. The van der Waals surface area contributed by atoms with Gasteiger partial charge in [-0.1, -0.05) is 194 Å². The van der Waals surface area contributed by atoms with Gasteiger partial charge in [0.15, 0.2) is 5.58 Å². The zero-order valence-corrected chi connectivity index (χ0v) is 61.1. The minimum atomic E-state index is -0.164. The SMILES string of the molecule is C/C=C\c1c(CC)c2ccccc2n1-c1ccc2oc3ccc(-c4ccc5c(c4)c4cc(-c6cccc7c6c6ccccc6n7-c6ccc7oc8ccc(-c9ccc%10c(c9)c9ccccc9n%10-c9c(C(C)(C)C)ccc%10c9oc9ccccc9%10)cc8c7c6)ccc4n5-c4cccc(C(C)C(C)C)c4)cc3c2c1. The first-order valence-electron chi connectivity index (χ1n) is 37.7.